The third-order valence-corrected chi connectivity index (χ3v) is 3.66. The van der Waals surface area contributed by atoms with Gasteiger partial charge in [0.15, 0.2) is 0 Å². The Morgan fingerprint density at radius 1 is 0.958 bits per heavy atom. The molecule has 0 aliphatic rings. The molecule has 24 heavy (non-hydrogen) atoms. The van der Waals surface area contributed by atoms with E-state index in [1.165, 1.54) is 24.3 Å². The minimum Gasteiger partial charge on any atom is -0.340 e. The van der Waals surface area contributed by atoms with Gasteiger partial charge in [-0.15, -0.1) is 0 Å². The lowest BCUT2D eigenvalue weighted by Crippen LogP contribution is -2.47. The molecule has 0 aliphatic heterocycles. The van der Waals surface area contributed by atoms with Crippen LogP contribution in [0.15, 0.2) is 48.5 Å². The van der Waals surface area contributed by atoms with Crippen LogP contribution in [0.2, 0.25) is 0 Å². The minimum absolute atomic E-state index is 0.0974. The molecule has 2 aromatic carbocycles. The molecule has 0 fully saturated rings. The highest BCUT2D eigenvalue weighted by Gasteiger charge is 2.24. The summed E-state index contributed by atoms with van der Waals surface area (Å²) in [6, 6.07) is 11.9. The second kappa shape index (κ2) is 7.73. The molecule has 2 rings (SSSR count). The number of hydrogen-bond donors (Lipinski definition) is 2. The van der Waals surface area contributed by atoms with Gasteiger partial charge in [-0.05, 0) is 49.2 Å². The standard InChI is InChI=1S/C19H21FN2O2/c1-12(2)17(19(24)21-16-10-8-15(20)9-11-16)22-18(23)14-6-4-13(3)5-7-14/h4-12,17H,1-3H3,(H,21,24)(H,22,23)/t17-/m1/s1. The van der Waals surface area contributed by atoms with E-state index in [0.29, 0.717) is 11.3 Å². The number of halogens is 1. The van der Waals surface area contributed by atoms with Crippen LogP contribution in [0.25, 0.3) is 0 Å². The summed E-state index contributed by atoms with van der Waals surface area (Å²) in [6.07, 6.45) is 0. The lowest BCUT2D eigenvalue weighted by Gasteiger charge is -2.22. The summed E-state index contributed by atoms with van der Waals surface area (Å²) in [7, 11) is 0. The van der Waals surface area contributed by atoms with Gasteiger partial charge in [-0.25, -0.2) is 4.39 Å². The maximum absolute atomic E-state index is 12.9. The third-order valence-electron chi connectivity index (χ3n) is 3.66. The lowest BCUT2D eigenvalue weighted by atomic mass is 10.0. The first-order valence-electron chi connectivity index (χ1n) is 7.81. The molecule has 0 saturated heterocycles. The fourth-order valence-electron chi connectivity index (χ4n) is 2.22. The smallest absolute Gasteiger partial charge is 0.251 e. The Hall–Kier alpha value is -2.69. The van der Waals surface area contributed by atoms with Crippen LogP contribution in [0.5, 0.6) is 0 Å². The van der Waals surface area contributed by atoms with Crippen LogP contribution in [0.3, 0.4) is 0 Å². The van der Waals surface area contributed by atoms with Crippen molar-refractivity contribution in [2.75, 3.05) is 5.32 Å². The van der Waals surface area contributed by atoms with Crippen molar-refractivity contribution >= 4 is 17.5 Å². The summed E-state index contributed by atoms with van der Waals surface area (Å²) in [4.78, 5) is 24.8. The highest BCUT2D eigenvalue weighted by molar-refractivity contribution is 6.01. The summed E-state index contributed by atoms with van der Waals surface area (Å²) in [6.45, 7) is 5.64. The van der Waals surface area contributed by atoms with Crippen molar-refractivity contribution in [2.24, 2.45) is 5.92 Å². The average molecular weight is 328 g/mol. The van der Waals surface area contributed by atoms with Crippen molar-refractivity contribution in [3.63, 3.8) is 0 Å². The van der Waals surface area contributed by atoms with Crippen LogP contribution in [0, 0.1) is 18.7 Å². The maximum Gasteiger partial charge on any atom is 0.251 e. The Kier molecular flexibility index (Phi) is 5.68. The summed E-state index contributed by atoms with van der Waals surface area (Å²) in [5.74, 6) is -1.11. The van der Waals surface area contributed by atoms with E-state index in [9.17, 15) is 14.0 Å². The van der Waals surface area contributed by atoms with Gasteiger partial charge in [0.05, 0.1) is 0 Å². The van der Waals surface area contributed by atoms with Crippen molar-refractivity contribution in [1.29, 1.82) is 0 Å². The molecule has 0 aromatic heterocycles. The zero-order chi connectivity index (χ0) is 17.7. The van der Waals surface area contributed by atoms with Gasteiger partial charge in [0, 0.05) is 11.3 Å². The minimum atomic E-state index is -0.691. The van der Waals surface area contributed by atoms with Gasteiger partial charge in [0.1, 0.15) is 11.9 Å². The molecule has 126 valence electrons. The summed E-state index contributed by atoms with van der Waals surface area (Å²) >= 11 is 0. The molecule has 2 aromatic rings. The SMILES string of the molecule is Cc1ccc(C(=O)N[C@@H](C(=O)Nc2ccc(F)cc2)C(C)C)cc1. The summed E-state index contributed by atoms with van der Waals surface area (Å²) < 4.78 is 12.9. The Morgan fingerprint density at radius 2 is 1.54 bits per heavy atom. The van der Waals surface area contributed by atoms with Crippen LogP contribution in [0.1, 0.15) is 29.8 Å². The van der Waals surface area contributed by atoms with Gasteiger partial charge >= 0.3 is 0 Å². The van der Waals surface area contributed by atoms with Gasteiger partial charge in [0.25, 0.3) is 5.91 Å². The zero-order valence-corrected chi connectivity index (χ0v) is 14.0. The second-order valence-corrected chi connectivity index (χ2v) is 6.06. The van der Waals surface area contributed by atoms with E-state index >= 15 is 0 Å². The van der Waals surface area contributed by atoms with Gasteiger partial charge in [-0.2, -0.15) is 0 Å². The number of carbonyl (C=O) groups is 2. The van der Waals surface area contributed by atoms with E-state index < -0.39 is 6.04 Å². The second-order valence-electron chi connectivity index (χ2n) is 6.06. The van der Waals surface area contributed by atoms with Crippen molar-refractivity contribution in [2.45, 2.75) is 26.8 Å². The zero-order valence-electron chi connectivity index (χ0n) is 14.0. The molecular formula is C19H21FN2O2. The number of anilines is 1. The number of amides is 2. The van der Waals surface area contributed by atoms with Crippen LogP contribution in [0.4, 0.5) is 10.1 Å². The molecule has 0 heterocycles. The number of hydrogen-bond acceptors (Lipinski definition) is 2. The van der Waals surface area contributed by atoms with Crippen molar-refractivity contribution in [3.8, 4) is 0 Å². The normalized spacial score (nSPS) is 11.9. The first-order chi connectivity index (χ1) is 11.4. The van der Waals surface area contributed by atoms with Crippen LogP contribution in [-0.4, -0.2) is 17.9 Å². The predicted molar refractivity (Wildman–Crippen MR) is 92.3 cm³/mol. The van der Waals surface area contributed by atoms with Gasteiger partial charge in [-0.3, -0.25) is 9.59 Å². The molecule has 0 saturated carbocycles. The maximum atomic E-state index is 12.9. The van der Waals surface area contributed by atoms with Gasteiger partial charge in [0.2, 0.25) is 5.91 Å². The number of rotatable bonds is 5. The quantitative estimate of drug-likeness (QED) is 0.882. The predicted octanol–water partition coefficient (Wildman–Crippen LogP) is 3.53. The van der Waals surface area contributed by atoms with Gasteiger partial charge < -0.3 is 10.6 Å². The fraction of sp³-hybridized carbons (Fsp3) is 0.263. The van der Waals surface area contributed by atoms with E-state index in [0.717, 1.165) is 5.56 Å². The first-order valence-corrected chi connectivity index (χ1v) is 7.81. The molecule has 0 unspecified atom stereocenters. The Morgan fingerprint density at radius 3 is 2.08 bits per heavy atom. The summed E-state index contributed by atoms with van der Waals surface area (Å²) in [5, 5.41) is 5.45. The van der Waals surface area contributed by atoms with Crippen molar-refractivity contribution < 1.29 is 14.0 Å². The lowest BCUT2D eigenvalue weighted by molar-refractivity contribution is -0.118. The van der Waals surface area contributed by atoms with Crippen molar-refractivity contribution in [1.82, 2.24) is 5.32 Å². The molecule has 2 amide bonds. The number of aryl methyl sites for hydroxylation is 1. The first kappa shape index (κ1) is 17.7. The number of benzene rings is 2. The number of carbonyl (C=O) groups excluding carboxylic acids is 2. The fourth-order valence-corrected chi connectivity index (χ4v) is 2.22. The van der Waals surface area contributed by atoms with Crippen LogP contribution >= 0.6 is 0 Å². The molecule has 2 N–H and O–H groups in total. The van der Waals surface area contributed by atoms with E-state index in [4.69, 9.17) is 0 Å². The topological polar surface area (TPSA) is 58.2 Å². The molecule has 0 spiro atoms. The van der Waals surface area contributed by atoms with Crippen molar-refractivity contribution in [3.05, 3.63) is 65.5 Å². The van der Waals surface area contributed by atoms with E-state index in [-0.39, 0.29) is 23.5 Å². The van der Waals surface area contributed by atoms with Gasteiger partial charge in [-0.1, -0.05) is 31.5 Å². The van der Waals surface area contributed by atoms with Crippen LogP contribution in [-0.2, 0) is 4.79 Å². The molecule has 0 bridgehead atoms. The largest absolute Gasteiger partial charge is 0.340 e. The number of nitrogens with one attached hydrogen (secondary N) is 2. The molecule has 4 nitrogen and oxygen atoms in total. The molecular weight excluding hydrogens is 307 g/mol. The molecule has 0 aliphatic carbocycles. The van der Waals surface area contributed by atoms with E-state index in [1.54, 1.807) is 12.1 Å². The van der Waals surface area contributed by atoms with Crippen LogP contribution < -0.4 is 10.6 Å². The summed E-state index contributed by atoms with van der Waals surface area (Å²) in [5.41, 5.74) is 2.04. The molecule has 0 radical (unpaired) electrons. The van der Waals surface area contributed by atoms with E-state index in [1.807, 2.05) is 32.9 Å². The third kappa shape index (κ3) is 4.65. The Balaban J connectivity index is 2.07. The van der Waals surface area contributed by atoms with E-state index in [2.05, 4.69) is 10.6 Å². The monoisotopic (exact) mass is 328 g/mol. The average Bonchev–Trinajstić information content (AvgIpc) is 2.54. The Labute approximate surface area is 141 Å². The molecule has 5 heteroatoms. The Bertz CT molecular complexity index is 709. The highest BCUT2D eigenvalue weighted by Crippen LogP contribution is 2.12. The molecule has 1 atom stereocenters. The highest BCUT2D eigenvalue weighted by atomic mass is 19.1.